The zero-order valence-electron chi connectivity index (χ0n) is 10.2. The SMILES string of the molecule is CCc1ccc2oc(C(N)C(C)C)cc2c1. The molecule has 0 radical (unpaired) electrons. The molecule has 86 valence electrons. The third-order valence-corrected chi connectivity index (χ3v) is 3.05. The number of hydrogen-bond donors (Lipinski definition) is 1. The highest BCUT2D eigenvalue weighted by Gasteiger charge is 2.15. The van der Waals surface area contributed by atoms with Crippen LogP contribution in [-0.2, 0) is 6.42 Å². The molecule has 0 fully saturated rings. The van der Waals surface area contributed by atoms with Gasteiger partial charge in [0.1, 0.15) is 11.3 Å². The average Bonchev–Trinajstić information content (AvgIpc) is 2.69. The maximum atomic E-state index is 6.08. The quantitative estimate of drug-likeness (QED) is 0.852. The van der Waals surface area contributed by atoms with Gasteiger partial charge in [0.2, 0.25) is 0 Å². The van der Waals surface area contributed by atoms with Gasteiger partial charge in [-0.2, -0.15) is 0 Å². The number of nitrogens with two attached hydrogens (primary N) is 1. The van der Waals surface area contributed by atoms with E-state index >= 15 is 0 Å². The van der Waals surface area contributed by atoms with Crippen molar-refractivity contribution in [2.45, 2.75) is 33.2 Å². The number of rotatable bonds is 3. The normalized spacial score (nSPS) is 13.6. The number of hydrogen-bond acceptors (Lipinski definition) is 2. The fraction of sp³-hybridized carbons (Fsp3) is 0.429. The molecule has 0 saturated heterocycles. The Morgan fingerprint density at radius 3 is 2.62 bits per heavy atom. The molecule has 16 heavy (non-hydrogen) atoms. The van der Waals surface area contributed by atoms with E-state index in [-0.39, 0.29) is 6.04 Å². The van der Waals surface area contributed by atoms with Gasteiger partial charge >= 0.3 is 0 Å². The second-order valence-corrected chi connectivity index (χ2v) is 4.64. The second kappa shape index (κ2) is 4.30. The van der Waals surface area contributed by atoms with Crippen molar-refractivity contribution < 1.29 is 4.42 Å². The van der Waals surface area contributed by atoms with Crippen molar-refractivity contribution in [1.82, 2.24) is 0 Å². The van der Waals surface area contributed by atoms with Crippen molar-refractivity contribution in [2.24, 2.45) is 11.7 Å². The zero-order chi connectivity index (χ0) is 11.7. The predicted molar refractivity (Wildman–Crippen MR) is 67.4 cm³/mol. The minimum atomic E-state index is -0.0162. The zero-order valence-corrected chi connectivity index (χ0v) is 10.2. The molecule has 2 aromatic rings. The minimum absolute atomic E-state index is 0.0162. The molecule has 1 aromatic carbocycles. The summed E-state index contributed by atoms with van der Waals surface area (Å²) in [6, 6.07) is 8.37. The molecule has 2 nitrogen and oxygen atoms in total. The van der Waals surface area contributed by atoms with Crippen LogP contribution in [0.3, 0.4) is 0 Å². The lowest BCUT2D eigenvalue weighted by Gasteiger charge is -2.11. The molecule has 1 atom stereocenters. The third kappa shape index (κ3) is 1.98. The Morgan fingerprint density at radius 1 is 1.25 bits per heavy atom. The first-order chi connectivity index (χ1) is 7.61. The van der Waals surface area contributed by atoms with Crippen LogP contribution in [0, 0.1) is 5.92 Å². The van der Waals surface area contributed by atoms with Gasteiger partial charge in [-0.15, -0.1) is 0 Å². The third-order valence-electron chi connectivity index (χ3n) is 3.05. The van der Waals surface area contributed by atoms with E-state index in [1.165, 1.54) is 5.56 Å². The predicted octanol–water partition coefficient (Wildman–Crippen LogP) is 3.65. The number of furan rings is 1. The Labute approximate surface area is 96.4 Å². The molecule has 0 spiro atoms. The van der Waals surface area contributed by atoms with Gasteiger partial charge in [-0.3, -0.25) is 0 Å². The van der Waals surface area contributed by atoms with E-state index in [4.69, 9.17) is 10.2 Å². The molecule has 1 heterocycles. The van der Waals surface area contributed by atoms with Crippen LogP contribution in [0.4, 0.5) is 0 Å². The highest BCUT2D eigenvalue weighted by atomic mass is 16.3. The van der Waals surface area contributed by atoms with Gasteiger partial charge in [0.25, 0.3) is 0 Å². The minimum Gasteiger partial charge on any atom is -0.459 e. The van der Waals surface area contributed by atoms with Crippen LogP contribution in [0.2, 0.25) is 0 Å². The van der Waals surface area contributed by atoms with Crippen LogP contribution in [0.5, 0.6) is 0 Å². The molecule has 1 unspecified atom stereocenters. The Bertz CT molecular complexity index is 484. The van der Waals surface area contributed by atoms with Gasteiger partial charge in [0.05, 0.1) is 6.04 Å². The van der Waals surface area contributed by atoms with Crippen LogP contribution in [-0.4, -0.2) is 0 Å². The summed E-state index contributed by atoms with van der Waals surface area (Å²) >= 11 is 0. The number of fused-ring (bicyclic) bond motifs is 1. The Hall–Kier alpha value is -1.28. The van der Waals surface area contributed by atoms with E-state index in [1.54, 1.807) is 0 Å². The summed E-state index contributed by atoms with van der Waals surface area (Å²) in [5.41, 5.74) is 8.34. The number of aryl methyl sites for hydroxylation is 1. The smallest absolute Gasteiger partial charge is 0.134 e. The Balaban J connectivity index is 2.43. The molecule has 2 rings (SSSR count). The first-order valence-corrected chi connectivity index (χ1v) is 5.89. The molecule has 2 heteroatoms. The van der Waals surface area contributed by atoms with Crippen molar-refractivity contribution >= 4 is 11.0 Å². The first-order valence-electron chi connectivity index (χ1n) is 5.89. The summed E-state index contributed by atoms with van der Waals surface area (Å²) in [6.45, 7) is 6.37. The molecule has 0 saturated carbocycles. The summed E-state index contributed by atoms with van der Waals surface area (Å²) in [4.78, 5) is 0. The van der Waals surface area contributed by atoms with Crippen molar-refractivity contribution in [1.29, 1.82) is 0 Å². The van der Waals surface area contributed by atoms with E-state index < -0.39 is 0 Å². The van der Waals surface area contributed by atoms with Crippen molar-refractivity contribution in [3.63, 3.8) is 0 Å². The molecule has 0 aliphatic rings. The maximum Gasteiger partial charge on any atom is 0.134 e. The summed E-state index contributed by atoms with van der Waals surface area (Å²) in [6.07, 6.45) is 1.05. The molecular weight excluding hydrogens is 198 g/mol. The average molecular weight is 217 g/mol. The largest absolute Gasteiger partial charge is 0.459 e. The van der Waals surface area contributed by atoms with Gasteiger partial charge in [0, 0.05) is 5.39 Å². The summed E-state index contributed by atoms with van der Waals surface area (Å²) in [5.74, 6) is 1.28. The molecule has 0 amide bonds. The van der Waals surface area contributed by atoms with Crippen LogP contribution in [0.1, 0.15) is 38.1 Å². The van der Waals surface area contributed by atoms with E-state index in [1.807, 2.05) is 6.07 Å². The molecule has 0 bridgehead atoms. The standard InChI is InChI=1S/C14H19NO/c1-4-10-5-6-12-11(7-10)8-13(16-12)14(15)9(2)3/h5-9,14H,4,15H2,1-3H3. The van der Waals surface area contributed by atoms with E-state index in [0.717, 1.165) is 23.2 Å². The van der Waals surface area contributed by atoms with Gasteiger partial charge in [-0.05, 0) is 36.1 Å². The highest BCUT2D eigenvalue weighted by molar-refractivity contribution is 5.78. The van der Waals surface area contributed by atoms with E-state index in [0.29, 0.717) is 5.92 Å². The van der Waals surface area contributed by atoms with Crippen LogP contribution >= 0.6 is 0 Å². The van der Waals surface area contributed by atoms with E-state index in [2.05, 4.69) is 39.0 Å². The molecular formula is C14H19NO. The topological polar surface area (TPSA) is 39.2 Å². The van der Waals surface area contributed by atoms with Gasteiger partial charge in [-0.25, -0.2) is 0 Å². The maximum absolute atomic E-state index is 6.08. The molecule has 2 N–H and O–H groups in total. The van der Waals surface area contributed by atoms with Crippen LogP contribution < -0.4 is 5.73 Å². The van der Waals surface area contributed by atoms with Crippen LogP contribution in [0.15, 0.2) is 28.7 Å². The summed E-state index contributed by atoms with van der Waals surface area (Å²) in [7, 11) is 0. The fourth-order valence-corrected chi connectivity index (χ4v) is 1.83. The molecule has 1 aromatic heterocycles. The molecule has 0 aliphatic carbocycles. The van der Waals surface area contributed by atoms with Gasteiger partial charge in [-0.1, -0.05) is 26.8 Å². The first kappa shape index (κ1) is 11.2. The van der Waals surface area contributed by atoms with Gasteiger partial charge in [0.15, 0.2) is 0 Å². The number of benzene rings is 1. The highest BCUT2D eigenvalue weighted by Crippen LogP contribution is 2.27. The lowest BCUT2D eigenvalue weighted by atomic mass is 10.0. The Kier molecular flexibility index (Phi) is 3.01. The second-order valence-electron chi connectivity index (χ2n) is 4.64. The lowest BCUT2D eigenvalue weighted by molar-refractivity contribution is 0.418. The molecule has 0 aliphatic heterocycles. The van der Waals surface area contributed by atoms with Crippen molar-refractivity contribution in [2.75, 3.05) is 0 Å². The van der Waals surface area contributed by atoms with E-state index in [9.17, 15) is 0 Å². The van der Waals surface area contributed by atoms with Crippen LogP contribution in [0.25, 0.3) is 11.0 Å². The summed E-state index contributed by atoms with van der Waals surface area (Å²) in [5, 5.41) is 1.16. The summed E-state index contributed by atoms with van der Waals surface area (Å²) < 4.78 is 5.77. The lowest BCUT2D eigenvalue weighted by Crippen LogP contribution is -2.15. The van der Waals surface area contributed by atoms with Gasteiger partial charge < -0.3 is 10.2 Å². The van der Waals surface area contributed by atoms with Crippen molar-refractivity contribution in [3.8, 4) is 0 Å². The van der Waals surface area contributed by atoms with Crippen molar-refractivity contribution in [3.05, 3.63) is 35.6 Å². The Morgan fingerprint density at radius 2 is 2.00 bits per heavy atom. The fourth-order valence-electron chi connectivity index (χ4n) is 1.83. The monoisotopic (exact) mass is 217 g/mol.